The number of aromatic hydroxyl groups is 2. The highest BCUT2D eigenvalue weighted by Crippen LogP contribution is 2.39. The molecule has 0 heterocycles. The molecule has 0 amide bonds. The van der Waals surface area contributed by atoms with E-state index in [1.807, 2.05) is 25.9 Å². The Labute approximate surface area is 145 Å². The summed E-state index contributed by atoms with van der Waals surface area (Å²) in [5.41, 5.74) is 0.703. The van der Waals surface area contributed by atoms with Crippen LogP contribution in [0.3, 0.4) is 0 Å². The zero-order valence-corrected chi connectivity index (χ0v) is 14.3. The molecule has 1 aliphatic carbocycles. The second kappa shape index (κ2) is 6.22. The summed E-state index contributed by atoms with van der Waals surface area (Å²) in [6, 6.07) is 7.63. The maximum atomic E-state index is 13.0. The van der Waals surface area contributed by atoms with Crippen LogP contribution in [-0.2, 0) is 0 Å². The minimum Gasteiger partial charge on any atom is -0.507 e. The minimum absolute atomic E-state index is 0.142. The van der Waals surface area contributed by atoms with Crippen LogP contribution < -0.4 is 5.32 Å². The van der Waals surface area contributed by atoms with Crippen LogP contribution >= 0.6 is 0 Å². The van der Waals surface area contributed by atoms with Gasteiger partial charge in [0.1, 0.15) is 11.5 Å². The van der Waals surface area contributed by atoms with Crippen LogP contribution in [0.15, 0.2) is 30.3 Å². The van der Waals surface area contributed by atoms with Crippen molar-refractivity contribution >= 4 is 17.3 Å². The highest BCUT2D eigenvalue weighted by atomic mass is 16.3. The zero-order chi connectivity index (χ0) is 18.3. The van der Waals surface area contributed by atoms with Crippen LogP contribution in [0.4, 0.5) is 5.69 Å². The first-order valence-corrected chi connectivity index (χ1v) is 8.00. The molecule has 0 saturated heterocycles. The lowest BCUT2D eigenvalue weighted by Gasteiger charge is -2.24. The number of phenolic OH excluding ortho intramolecular Hbond substituents is 2. The van der Waals surface area contributed by atoms with Gasteiger partial charge in [-0.15, -0.1) is 0 Å². The molecule has 1 aliphatic rings. The quantitative estimate of drug-likeness (QED) is 0.631. The van der Waals surface area contributed by atoms with Crippen molar-refractivity contribution in [2.45, 2.75) is 13.0 Å². The first-order valence-electron chi connectivity index (χ1n) is 8.00. The molecule has 0 radical (unpaired) electrons. The van der Waals surface area contributed by atoms with E-state index in [0.717, 1.165) is 0 Å². The molecular weight excluding hydrogens is 320 g/mol. The van der Waals surface area contributed by atoms with Crippen LogP contribution in [0, 0.1) is 0 Å². The molecule has 0 saturated carbocycles. The lowest BCUT2D eigenvalue weighted by atomic mass is 9.82. The van der Waals surface area contributed by atoms with Gasteiger partial charge in [-0.1, -0.05) is 12.1 Å². The Balaban J connectivity index is 2.09. The number of hydrogen-bond acceptors (Lipinski definition) is 6. The Morgan fingerprint density at radius 1 is 0.960 bits per heavy atom. The van der Waals surface area contributed by atoms with E-state index in [1.165, 1.54) is 12.1 Å². The lowest BCUT2D eigenvalue weighted by Crippen LogP contribution is -2.32. The fourth-order valence-corrected chi connectivity index (χ4v) is 2.87. The Bertz CT molecular complexity index is 874. The summed E-state index contributed by atoms with van der Waals surface area (Å²) >= 11 is 0. The molecule has 3 N–H and O–H groups in total. The van der Waals surface area contributed by atoms with E-state index in [1.54, 1.807) is 18.2 Å². The van der Waals surface area contributed by atoms with E-state index < -0.39 is 11.6 Å². The predicted octanol–water partition coefficient (Wildman–Crippen LogP) is 2.24. The molecule has 1 atom stereocenters. The summed E-state index contributed by atoms with van der Waals surface area (Å²) in [4.78, 5) is 27.8. The molecule has 6 nitrogen and oxygen atoms in total. The number of nitrogens with one attached hydrogen (secondary N) is 1. The summed E-state index contributed by atoms with van der Waals surface area (Å²) < 4.78 is 0. The molecular formula is C19H20N2O4. The Kier molecular flexibility index (Phi) is 4.22. The molecule has 0 bridgehead atoms. The van der Waals surface area contributed by atoms with Crippen molar-refractivity contribution in [1.82, 2.24) is 4.90 Å². The zero-order valence-electron chi connectivity index (χ0n) is 14.3. The van der Waals surface area contributed by atoms with Gasteiger partial charge in [-0.2, -0.15) is 0 Å². The van der Waals surface area contributed by atoms with E-state index in [-0.39, 0.29) is 39.8 Å². The van der Waals surface area contributed by atoms with Crippen LogP contribution in [0.1, 0.15) is 38.8 Å². The third-order valence-corrected chi connectivity index (χ3v) is 4.62. The van der Waals surface area contributed by atoms with Crippen LogP contribution in [-0.4, -0.2) is 53.4 Å². The highest BCUT2D eigenvalue weighted by Gasteiger charge is 2.35. The Hall–Kier alpha value is -2.86. The molecule has 0 fully saturated rings. The number of ketones is 2. The van der Waals surface area contributed by atoms with Gasteiger partial charge in [0.15, 0.2) is 11.6 Å². The number of rotatable bonds is 4. The van der Waals surface area contributed by atoms with Gasteiger partial charge in [0.2, 0.25) is 0 Å². The van der Waals surface area contributed by atoms with Gasteiger partial charge in [0.05, 0.1) is 16.7 Å². The van der Waals surface area contributed by atoms with Gasteiger partial charge < -0.3 is 20.4 Å². The van der Waals surface area contributed by atoms with E-state index in [4.69, 9.17) is 0 Å². The third kappa shape index (κ3) is 2.74. The average Bonchev–Trinajstić information content (AvgIpc) is 2.58. The van der Waals surface area contributed by atoms with Crippen molar-refractivity contribution in [2.75, 3.05) is 26.0 Å². The molecule has 2 aromatic carbocycles. The maximum Gasteiger partial charge on any atom is 0.200 e. The molecule has 1 unspecified atom stereocenters. The predicted molar refractivity (Wildman–Crippen MR) is 94.7 cm³/mol. The van der Waals surface area contributed by atoms with E-state index in [9.17, 15) is 19.8 Å². The summed E-state index contributed by atoms with van der Waals surface area (Å²) in [7, 11) is 3.91. The third-order valence-electron chi connectivity index (χ3n) is 4.62. The molecule has 130 valence electrons. The number of phenols is 2. The van der Waals surface area contributed by atoms with Crippen LogP contribution in [0.25, 0.3) is 0 Å². The molecule has 0 aliphatic heterocycles. The molecule has 0 spiro atoms. The second-order valence-electron chi connectivity index (χ2n) is 6.43. The van der Waals surface area contributed by atoms with Gasteiger partial charge in [0, 0.05) is 23.8 Å². The normalized spacial score (nSPS) is 14.2. The van der Waals surface area contributed by atoms with Crippen molar-refractivity contribution in [3.05, 3.63) is 52.6 Å². The van der Waals surface area contributed by atoms with Crippen LogP contribution in [0.5, 0.6) is 11.5 Å². The monoisotopic (exact) mass is 340 g/mol. The summed E-state index contributed by atoms with van der Waals surface area (Å²) in [6.07, 6.45) is 0. The number of benzene rings is 2. The van der Waals surface area contributed by atoms with Crippen molar-refractivity contribution < 1.29 is 19.8 Å². The maximum absolute atomic E-state index is 13.0. The Morgan fingerprint density at radius 2 is 1.56 bits per heavy atom. The van der Waals surface area contributed by atoms with Gasteiger partial charge in [-0.3, -0.25) is 9.59 Å². The van der Waals surface area contributed by atoms with E-state index in [0.29, 0.717) is 12.2 Å². The average molecular weight is 340 g/mol. The van der Waals surface area contributed by atoms with E-state index in [2.05, 4.69) is 5.32 Å². The first kappa shape index (κ1) is 17.0. The number of carbonyl (C=O) groups is 2. The van der Waals surface area contributed by atoms with Crippen molar-refractivity contribution in [1.29, 1.82) is 0 Å². The smallest absolute Gasteiger partial charge is 0.200 e. The number of likely N-dealkylation sites (N-methyl/N-ethyl adjacent to an activating group) is 1. The standard InChI is InChI=1S/C19H20N2O4/c1-10(21(2)3)9-20-12-6-4-5-11-15(12)19(25)17-14(23)8-7-13(22)16(17)18(11)24/h4-8,10,20,22-23H,9H2,1-3H3. The van der Waals surface area contributed by atoms with Crippen molar-refractivity contribution in [3.8, 4) is 11.5 Å². The summed E-state index contributed by atoms with van der Waals surface area (Å²) in [5, 5.41) is 23.3. The lowest BCUT2D eigenvalue weighted by molar-refractivity contribution is 0.0974. The van der Waals surface area contributed by atoms with Gasteiger partial charge in [0.25, 0.3) is 0 Å². The SMILES string of the molecule is CC(CNc1cccc2c1C(=O)c1c(O)ccc(O)c1C2=O)N(C)C. The summed E-state index contributed by atoms with van der Waals surface area (Å²) in [5.74, 6) is -1.56. The summed E-state index contributed by atoms with van der Waals surface area (Å²) in [6.45, 7) is 2.62. The molecule has 0 aromatic heterocycles. The van der Waals surface area contributed by atoms with Crippen LogP contribution in [0.2, 0.25) is 0 Å². The van der Waals surface area contributed by atoms with E-state index >= 15 is 0 Å². The number of carbonyl (C=O) groups excluding carboxylic acids is 2. The second-order valence-corrected chi connectivity index (χ2v) is 6.43. The van der Waals surface area contributed by atoms with Crippen molar-refractivity contribution in [3.63, 3.8) is 0 Å². The molecule has 25 heavy (non-hydrogen) atoms. The Morgan fingerprint density at radius 3 is 2.16 bits per heavy atom. The number of hydrogen-bond donors (Lipinski definition) is 3. The van der Waals surface area contributed by atoms with Gasteiger partial charge in [-0.05, 0) is 39.2 Å². The molecule has 3 rings (SSSR count). The number of nitrogens with zero attached hydrogens (tertiary/aromatic N) is 1. The first-order chi connectivity index (χ1) is 11.8. The number of anilines is 1. The largest absolute Gasteiger partial charge is 0.507 e. The highest BCUT2D eigenvalue weighted by molar-refractivity contribution is 6.31. The molecule has 6 heteroatoms. The fraction of sp³-hybridized carbons (Fsp3) is 0.263. The van der Waals surface area contributed by atoms with Gasteiger partial charge >= 0.3 is 0 Å². The minimum atomic E-state index is -0.474. The van der Waals surface area contributed by atoms with Gasteiger partial charge in [-0.25, -0.2) is 0 Å². The fourth-order valence-electron chi connectivity index (χ4n) is 2.87. The topological polar surface area (TPSA) is 89.9 Å². The van der Waals surface area contributed by atoms with Crippen molar-refractivity contribution in [2.24, 2.45) is 0 Å². The molecule has 2 aromatic rings. The number of fused-ring (bicyclic) bond motifs is 2.